The summed E-state index contributed by atoms with van der Waals surface area (Å²) in [4.78, 5) is 12.1. The predicted molar refractivity (Wildman–Crippen MR) is 83.5 cm³/mol. The summed E-state index contributed by atoms with van der Waals surface area (Å²) in [5, 5.41) is 11.4. The van der Waals surface area contributed by atoms with Crippen molar-refractivity contribution in [3.05, 3.63) is 33.9 Å². The molecular formula is C12H16BrN2O5SY-. The van der Waals surface area contributed by atoms with Gasteiger partial charge in [-0.1, -0.05) is 40.7 Å². The van der Waals surface area contributed by atoms with E-state index in [9.17, 15) is 18.5 Å². The molecule has 1 radical (unpaired) electrons. The van der Waals surface area contributed by atoms with Gasteiger partial charge in [0, 0.05) is 56.1 Å². The first kappa shape index (κ1) is 21.9. The number of benzene rings is 1. The molecule has 0 bridgehead atoms. The number of halogens is 1. The Morgan fingerprint density at radius 2 is 2.09 bits per heavy atom. The maximum absolute atomic E-state index is 11.0. The summed E-state index contributed by atoms with van der Waals surface area (Å²) in [5.41, 5.74) is 1.36. The molecule has 0 aliphatic heterocycles. The van der Waals surface area contributed by atoms with E-state index >= 15 is 0 Å². The van der Waals surface area contributed by atoms with Crippen molar-refractivity contribution in [3.8, 4) is 0 Å². The molecule has 0 heterocycles. The molecule has 1 rings (SSSR count). The number of nitro groups is 1. The fraction of sp³-hybridized carbons (Fsp3) is 0.500. The smallest absolute Gasteiger partial charge is 0.264 e. The number of alkyl halides is 1. The van der Waals surface area contributed by atoms with E-state index in [0.29, 0.717) is 29.7 Å². The van der Waals surface area contributed by atoms with E-state index in [4.69, 9.17) is 4.18 Å². The third kappa shape index (κ3) is 7.45. The molecule has 0 aliphatic carbocycles. The van der Waals surface area contributed by atoms with E-state index in [1.807, 2.05) is 4.90 Å². The molecule has 0 amide bonds. The Labute approximate surface area is 163 Å². The molecule has 0 aliphatic rings. The SMILES string of the molecule is Cc1cc([N+](=O)[O-])c[c-]c1N(CCBr)CCOS(C)(=O)=O.[Y]. The summed E-state index contributed by atoms with van der Waals surface area (Å²) in [6.45, 7) is 2.70. The zero-order valence-corrected chi connectivity index (χ0v) is 17.5. The van der Waals surface area contributed by atoms with Crippen LogP contribution in [0.25, 0.3) is 0 Å². The molecule has 0 atom stereocenters. The fourth-order valence-corrected chi connectivity index (χ4v) is 2.58. The molecule has 10 heteroatoms. The summed E-state index contributed by atoms with van der Waals surface area (Å²) in [6, 6.07) is 5.65. The summed E-state index contributed by atoms with van der Waals surface area (Å²) >= 11 is 3.32. The summed E-state index contributed by atoms with van der Waals surface area (Å²) in [7, 11) is -3.48. The quantitative estimate of drug-likeness (QED) is 0.190. The van der Waals surface area contributed by atoms with E-state index in [2.05, 4.69) is 22.0 Å². The van der Waals surface area contributed by atoms with Crippen molar-refractivity contribution in [2.75, 3.05) is 36.2 Å². The first-order valence-corrected chi connectivity index (χ1v) is 9.00. The molecule has 1 aromatic carbocycles. The Bertz CT molecular complexity index is 612. The number of nitro benzene ring substituents is 1. The minimum absolute atomic E-state index is 0. The summed E-state index contributed by atoms with van der Waals surface area (Å²) in [6.07, 6.45) is 0.991. The van der Waals surface area contributed by atoms with Crippen molar-refractivity contribution in [1.29, 1.82) is 0 Å². The van der Waals surface area contributed by atoms with Crippen LogP contribution in [0.5, 0.6) is 0 Å². The largest absolute Gasteiger partial charge is 0.390 e. The van der Waals surface area contributed by atoms with E-state index < -0.39 is 15.0 Å². The zero-order chi connectivity index (χ0) is 16.0. The molecule has 0 N–H and O–H groups in total. The van der Waals surface area contributed by atoms with Crippen LogP contribution in [0.1, 0.15) is 5.56 Å². The number of anilines is 1. The van der Waals surface area contributed by atoms with E-state index in [0.717, 1.165) is 6.26 Å². The van der Waals surface area contributed by atoms with Crippen molar-refractivity contribution >= 4 is 37.4 Å². The van der Waals surface area contributed by atoms with Gasteiger partial charge in [0.15, 0.2) is 5.69 Å². The minimum Gasteiger partial charge on any atom is -0.390 e. The van der Waals surface area contributed by atoms with E-state index in [1.165, 1.54) is 12.1 Å². The number of aryl methyl sites for hydroxylation is 1. The van der Waals surface area contributed by atoms with Gasteiger partial charge < -0.3 is 4.90 Å². The van der Waals surface area contributed by atoms with Crippen molar-refractivity contribution in [1.82, 2.24) is 0 Å². The molecule has 0 fully saturated rings. The van der Waals surface area contributed by atoms with Crippen LogP contribution in [-0.4, -0.2) is 44.6 Å². The standard InChI is InChI=1S/C12H16BrN2O5S.Y/c1-10-9-11(15(16)17)3-4-12(10)14(6-5-13)7-8-20-21(2,18)19;/h3,9H,5-8H2,1-2H3;/q-1;. The maximum Gasteiger partial charge on any atom is 0.264 e. The van der Waals surface area contributed by atoms with Crippen molar-refractivity contribution < 1.29 is 50.2 Å². The maximum atomic E-state index is 11.0. The molecule has 0 saturated carbocycles. The second-order valence-electron chi connectivity index (χ2n) is 4.35. The molecule has 0 aromatic heterocycles. The van der Waals surface area contributed by atoms with Crippen molar-refractivity contribution in [2.45, 2.75) is 6.92 Å². The average Bonchev–Trinajstić information content (AvgIpc) is 2.36. The van der Waals surface area contributed by atoms with Gasteiger partial charge in [0.05, 0.1) is 12.9 Å². The van der Waals surface area contributed by atoms with Gasteiger partial charge in [-0.3, -0.25) is 14.3 Å². The third-order valence-corrected chi connectivity index (χ3v) is 3.58. The Balaban J connectivity index is 0.00000441. The van der Waals surface area contributed by atoms with Gasteiger partial charge in [-0.25, -0.2) is 0 Å². The second-order valence-corrected chi connectivity index (χ2v) is 6.79. The molecule has 22 heavy (non-hydrogen) atoms. The average molecular weight is 469 g/mol. The monoisotopic (exact) mass is 468 g/mol. The van der Waals surface area contributed by atoms with Crippen LogP contribution in [-0.2, 0) is 47.0 Å². The van der Waals surface area contributed by atoms with Gasteiger partial charge in [0.1, 0.15) is 0 Å². The summed E-state index contributed by atoms with van der Waals surface area (Å²) in [5.74, 6) is 0. The van der Waals surface area contributed by atoms with Crippen LogP contribution in [0.3, 0.4) is 0 Å². The first-order valence-electron chi connectivity index (χ1n) is 6.06. The van der Waals surface area contributed by atoms with Crippen LogP contribution < -0.4 is 4.90 Å². The molecule has 1 aromatic rings. The normalized spacial score (nSPS) is 10.9. The molecule has 0 saturated heterocycles. The van der Waals surface area contributed by atoms with Crippen LogP contribution in [0.2, 0.25) is 0 Å². The Morgan fingerprint density at radius 1 is 1.45 bits per heavy atom. The van der Waals surface area contributed by atoms with Crippen LogP contribution >= 0.6 is 15.9 Å². The first-order chi connectivity index (χ1) is 9.74. The minimum atomic E-state index is -3.48. The van der Waals surface area contributed by atoms with Gasteiger partial charge in [0.2, 0.25) is 0 Å². The molecule has 7 nitrogen and oxygen atoms in total. The second kappa shape index (κ2) is 9.92. The number of nitrogens with zero attached hydrogens (tertiary/aromatic N) is 2. The molecular weight excluding hydrogens is 453 g/mol. The molecule has 0 unspecified atom stereocenters. The van der Waals surface area contributed by atoms with Gasteiger partial charge in [-0.05, 0) is 0 Å². The van der Waals surface area contributed by atoms with Crippen molar-refractivity contribution in [2.24, 2.45) is 0 Å². The zero-order valence-electron chi connectivity index (χ0n) is 12.3. The Hall–Kier alpha value is -0.0861. The number of rotatable bonds is 8. The predicted octanol–water partition coefficient (Wildman–Crippen LogP) is 1.88. The fourth-order valence-electron chi connectivity index (χ4n) is 1.77. The van der Waals surface area contributed by atoms with E-state index in [1.54, 1.807) is 6.92 Å². The van der Waals surface area contributed by atoms with E-state index in [-0.39, 0.29) is 45.0 Å². The summed E-state index contributed by atoms with van der Waals surface area (Å²) < 4.78 is 26.6. The van der Waals surface area contributed by atoms with Crippen LogP contribution in [0.4, 0.5) is 11.4 Å². The van der Waals surface area contributed by atoms with Gasteiger partial charge in [0.25, 0.3) is 10.1 Å². The van der Waals surface area contributed by atoms with Crippen LogP contribution in [0.15, 0.2) is 12.1 Å². The number of hydrogen-bond acceptors (Lipinski definition) is 6. The van der Waals surface area contributed by atoms with Gasteiger partial charge in [-0.2, -0.15) is 14.5 Å². The molecule has 0 spiro atoms. The molecule has 121 valence electrons. The third-order valence-electron chi connectivity index (χ3n) is 2.63. The van der Waals surface area contributed by atoms with Gasteiger partial charge in [-0.15, -0.1) is 5.56 Å². The number of non-ortho nitro benzene ring substituents is 1. The Kier molecular flexibility index (Phi) is 9.88. The number of hydrogen-bond donors (Lipinski definition) is 0. The Morgan fingerprint density at radius 3 is 2.55 bits per heavy atom. The van der Waals surface area contributed by atoms with Gasteiger partial charge >= 0.3 is 0 Å². The topological polar surface area (TPSA) is 89.8 Å². The van der Waals surface area contributed by atoms with Crippen LogP contribution in [0, 0.1) is 23.1 Å². The van der Waals surface area contributed by atoms with Crippen molar-refractivity contribution in [3.63, 3.8) is 0 Å².